The predicted octanol–water partition coefficient (Wildman–Crippen LogP) is 3.60. The van der Waals surface area contributed by atoms with Crippen molar-refractivity contribution >= 4 is 5.78 Å². The minimum atomic E-state index is -0.420. The molecule has 0 spiro atoms. The van der Waals surface area contributed by atoms with E-state index in [1.54, 1.807) is 12.1 Å². The maximum atomic E-state index is 12.3. The molecule has 2 aromatic rings. The zero-order chi connectivity index (χ0) is 17.6. The monoisotopic (exact) mass is 338 g/mol. The van der Waals surface area contributed by atoms with E-state index < -0.39 is 6.29 Å². The van der Waals surface area contributed by atoms with Gasteiger partial charge >= 0.3 is 0 Å². The molecule has 3 rings (SSSR count). The van der Waals surface area contributed by atoms with Crippen LogP contribution in [0.5, 0.6) is 11.5 Å². The Hall–Kier alpha value is -3.21. The second-order valence-corrected chi connectivity index (χ2v) is 5.45. The molecular weight excluding hydrogens is 320 g/mol. The molecule has 0 aromatic heterocycles. The lowest BCUT2D eigenvalue weighted by Gasteiger charge is -2.10. The number of carbonyl (C=O) groups is 1. The summed E-state index contributed by atoms with van der Waals surface area (Å²) >= 11 is 0. The summed E-state index contributed by atoms with van der Waals surface area (Å²) in [6.07, 6.45) is 4.49. The molecule has 0 radical (unpaired) electrons. The summed E-state index contributed by atoms with van der Waals surface area (Å²) in [7, 11) is 1.44. The van der Waals surface area contributed by atoms with Crippen molar-refractivity contribution in [3.63, 3.8) is 0 Å². The van der Waals surface area contributed by atoms with Gasteiger partial charge in [-0.3, -0.25) is 4.79 Å². The predicted molar refractivity (Wildman–Crippen MR) is 92.3 cm³/mol. The largest absolute Gasteiger partial charge is 0.507 e. The highest BCUT2D eigenvalue weighted by molar-refractivity contribution is 6.08. The Balaban J connectivity index is 1.63. The number of methoxy groups -OCH3 is 1. The van der Waals surface area contributed by atoms with Crippen LogP contribution in [0.25, 0.3) is 0 Å². The van der Waals surface area contributed by atoms with Gasteiger partial charge in [-0.25, -0.2) is 0 Å². The van der Waals surface area contributed by atoms with Crippen molar-refractivity contribution in [2.45, 2.75) is 12.7 Å². The molecule has 5 nitrogen and oxygen atoms in total. The van der Waals surface area contributed by atoms with Gasteiger partial charge in [0.15, 0.2) is 11.5 Å². The third kappa shape index (κ3) is 4.01. The fourth-order valence-corrected chi connectivity index (χ4v) is 2.50. The van der Waals surface area contributed by atoms with Crippen LogP contribution in [0.3, 0.4) is 0 Å². The standard InChI is InChI=1S/C20H18O5/c1-23-18-9-5-8-16(21)20(18)17(22)11-10-15-13-24-19(25-15)12-14-6-3-2-4-7-14/h2-11,13,19,21H,12H2,1H3. The summed E-state index contributed by atoms with van der Waals surface area (Å²) in [5.41, 5.74) is 1.21. The zero-order valence-electron chi connectivity index (χ0n) is 13.7. The fraction of sp³-hybridized carbons (Fsp3) is 0.150. The van der Waals surface area contributed by atoms with Crippen molar-refractivity contribution < 1.29 is 24.1 Å². The number of phenolic OH excluding ortho intramolecular Hbond substituents is 1. The van der Waals surface area contributed by atoms with Crippen LogP contribution in [-0.2, 0) is 15.9 Å². The van der Waals surface area contributed by atoms with Crippen molar-refractivity contribution in [1.82, 2.24) is 0 Å². The van der Waals surface area contributed by atoms with E-state index in [9.17, 15) is 9.90 Å². The first-order chi connectivity index (χ1) is 12.2. The van der Waals surface area contributed by atoms with Gasteiger partial charge < -0.3 is 19.3 Å². The highest BCUT2D eigenvalue weighted by Crippen LogP contribution is 2.28. The van der Waals surface area contributed by atoms with Gasteiger partial charge in [0.1, 0.15) is 23.3 Å². The van der Waals surface area contributed by atoms with Gasteiger partial charge in [-0.1, -0.05) is 36.4 Å². The van der Waals surface area contributed by atoms with E-state index >= 15 is 0 Å². The number of rotatable bonds is 6. The maximum absolute atomic E-state index is 12.3. The first-order valence-corrected chi connectivity index (χ1v) is 7.82. The number of benzene rings is 2. The van der Waals surface area contributed by atoms with Gasteiger partial charge in [0.2, 0.25) is 6.29 Å². The topological polar surface area (TPSA) is 65.0 Å². The summed E-state index contributed by atoms with van der Waals surface area (Å²) in [5.74, 6) is 0.248. The Kier molecular flexibility index (Phi) is 5.04. The molecule has 1 aliphatic heterocycles. The van der Waals surface area contributed by atoms with E-state index in [1.165, 1.54) is 31.6 Å². The van der Waals surface area contributed by atoms with Gasteiger partial charge in [-0.05, 0) is 29.8 Å². The molecule has 0 fully saturated rings. The molecule has 0 amide bonds. The Bertz CT molecular complexity index is 808. The number of phenols is 1. The van der Waals surface area contributed by atoms with Gasteiger partial charge in [-0.2, -0.15) is 0 Å². The zero-order valence-corrected chi connectivity index (χ0v) is 13.7. The number of allylic oxidation sites excluding steroid dienone is 2. The molecule has 1 heterocycles. The minimum absolute atomic E-state index is 0.113. The van der Waals surface area contributed by atoms with Crippen LogP contribution >= 0.6 is 0 Å². The molecule has 1 unspecified atom stereocenters. The lowest BCUT2D eigenvalue weighted by Crippen LogP contribution is -2.11. The number of hydrogen-bond acceptors (Lipinski definition) is 5. The summed E-state index contributed by atoms with van der Waals surface area (Å²) in [4.78, 5) is 12.3. The molecule has 5 heteroatoms. The number of aromatic hydroxyl groups is 1. The van der Waals surface area contributed by atoms with E-state index in [2.05, 4.69) is 0 Å². The van der Waals surface area contributed by atoms with Gasteiger partial charge in [0.05, 0.1) is 7.11 Å². The van der Waals surface area contributed by atoms with Crippen molar-refractivity contribution in [3.8, 4) is 11.5 Å². The van der Waals surface area contributed by atoms with E-state index in [4.69, 9.17) is 14.2 Å². The first kappa shape index (κ1) is 16.6. The highest BCUT2D eigenvalue weighted by Gasteiger charge is 2.19. The molecule has 2 aromatic carbocycles. The fourth-order valence-electron chi connectivity index (χ4n) is 2.50. The van der Waals surface area contributed by atoms with Gasteiger partial charge in [0, 0.05) is 6.42 Å². The van der Waals surface area contributed by atoms with Crippen LogP contribution in [0.1, 0.15) is 15.9 Å². The molecule has 1 N–H and O–H groups in total. The lowest BCUT2D eigenvalue weighted by atomic mass is 10.1. The van der Waals surface area contributed by atoms with Crippen LogP contribution in [0, 0.1) is 0 Å². The average molecular weight is 338 g/mol. The molecule has 0 bridgehead atoms. The molecule has 25 heavy (non-hydrogen) atoms. The summed E-state index contributed by atoms with van der Waals surface area (Å²) in [5, 5.41) is 9.89. The maximum Gasteiger partial charge on any atom is 0.244 e. The Morgan fingerprint density at radius 1 is 1.20 bits per heavy atom. The summed E-state index contributed by atoms with van der Waals surface area (Å²) in [6, 6.07) is 14.5. The van der Waals surface area contributed by atoms with Crippen LogP contribution in [-0.4, -0.2) is 24.3 Å². The first-order valence-electron chi connectivity index (χ1n) is 7.82. The summed E-state index contributed by atoms with van der Waals surface area (Å²) in [6.45, 7) is 0. The van der Waals surface area contributed by atoms with Crippen molar-refractivity contribution in [1.29, 1.82) is 0 Å². The Morgan fingerprint density at radius 2 is 2.00 bits per heavy atom. The van der Waals surface area contributed by atoms with E-state index in [0.717, 1.165) is 5.56 Å². The van der Waals surface area contributed by atoms with Crippen molar-refractivity contribution in [3.05, 3.63) is 83.8 Å². The number of hydrogen-bond donors (Lipinski definition) is 1. The van der Waals surface area contributed by atoms with Crippen LogP contribution in [0.15, 0.2) is 72.7 Å². The SMILES string of the molecule is COc1cccc(O)c1C(=O)C=CC1=COC(Cc2ccccc2)O1. The van der Waals surface area contributed by atoms with E-state index in [-0.39, 0.29) is 17.1 Å². The molecule has 1 aliphatic rings. The molecule has 0 saturated heterocycles. The van der Waals surface area contributed by atoms with Gasteiger partial charge in [-0.15, -0.1) is 0 Å². The molecule has 128 valence electrons. The molecule has 1 atom stereocenters. The second-order valence-electron chi connectivity index (χ2n) is 5.45. The summed E-state index contributed by atoms with van der Waals surface area (Å²) < 4.78 is 16.2. The molecular formula is C20H18O5. The van der Waals surface area contributed by atoms with Crippen LogP contribution in [0.2, 0.25) is 0 Å². The normalized spacial score (nSPS) is 16.2. The van der Waals surface area contributed by atoms with Crippen molar-refractivity contribution in [2.24, 2.45) is 0 Å². The van der Waals surface area contributed by atoms with E-state index in [1.807, 2.05) is 30.3 Å². The second kappa shape index (κ2) is 7.57. The molecule has 0 saturated carbocycles. The van der Waals surface area contributed by atoms with Crippen LogP contribution in [0.4, 0.5) is 0 Å². The Morgan fingerprint density at radius 3 is 2.76 bits per heavy atom. The van der Waals surface area contributed by atoms with Crippen LogP contribution < -0.4 is 4.74 Å². The quantitative estimate of drug-likeness (QED) is 0.644. The van der Waals surface area contributed by atoms with Crippen molar-refractivity contribution in [2.75, 3.05) is 7.11 Å². The highest BCUT2D eigenvalue weighted by atomic mass is 16.7. The number of ketones is 1. The lowest BCUT2D eigenvalue weighted by molar-refractivity contribution is -0.0269. The third-order valence-corrected chi connectivity index (χ3v) is 3.72. The number of carbonyl (C=O) groups excluding carboxylic acids is 1. The third-order valence-electron chi connectivity index (χ3n) is 3.72. The van der Waals surface area contributed by atoms with Gasteiger partial charge in [0.25, 0.3) is 0 Å². The smallest absolute Gasteiger partial charge is 0.244 e. The molecule has 0 aliphatic carbocycles. The Labute approximate surface area is 145 Å². The average Bonchev–Trinajstić information content (AvgIpc) is 3.07. The minimum Gasteiger partial charge on any atom is -0.507 e. The van der Waals surface area contributed by atoms with E-state index in [0.29, 0.717) is 17.9 Å². The number of ether oxygens (including phenoxy) is 3.